The van der Waals surface area contributed by atoms with Crippen LogP contribution < -0.4 is 16.0 Å². The minimum atomic E-state index is -0.604. The molecular formula is C11H17N3O2. The minimum absolute atomic E-state index is 0.0307. The van der Waals surface area contributed by atoms with Crippen molar-refractivity contribution in [3.05, 3.63) is 24.0 Å². The van der Waals surface area contributed by atoms with E-state index in [9.17, 15) is 4.79 Å². The molecule has 0 aromatic carbocycles. The molecule has 88 valence electrons. The van der Waals surface area contributed by atoms with Crippen molar-refractivity contribution in [1.29, 1.82) is 0 Å². The molecule has 0 saturated carbocycles. The maximum Gasteiger partial charge on any atom is 0.275 e. The molecule has 0 spiro atoms. The maximum absolute atomic E-state index is 11.5. The van der Waals surface area contributed by atoms with Crippen molar-refractivity contribution in [2.24, 2.45) is 11.8 Å². The molecular weight excluding hydrogens is 206 g/mol. The molecule has 5 nitrogen and oxygen atoms in total. The highest BCUT2D eigenvalue weighted by molar-refractivity contribution is 5.80. The standard InChI is InChI=1S/C11H17N3O2/c1-7(2)10(11(15)14-12)16-9-5-4-6-13-8(9)3/h4-7,10H,12H2,1-3H3,(H,14,15). The second kappa shape index (κ2) is 5.46. The summed E-state index contributed by atoms with van der Waals surface area (Å²) in [5.74, 6) is 5.40. The van der Waals surface area contributed by atoms with Crippen molar-refractivity contribution >= 4 is 5.91 Å². The first-order chi connectivity index (χ1) is 7.56. The van der Waals surface area contributed by atoms with Gasteiger partial charge in [0.15, 0.2) is 6.10 Å². The smallest absolute Gasteiger partial charge is 0.275 e. The van der Waals surface area contributed by atoms with E-state index in [4.69, 9.17) is 10.6 Å². The zero-order valence-electron chi connectivity index (χ0n) is 9.73. The van der Waals surface area contributed by atoms with Crippen molar-refractivity contribution in [2.45, 2.75) is 26.9 Å². The summed E-state index contributed by atoms with van der Waals surface area (Å²) in [6.07, 6.45) is 1.07. The molecule has 1 unspecified atom stereocenters. The van der Waals surface area contributed by atoms with Crippen LogP contribution in [0.4, 0.5) is 0 Å². The number of hydrogen-bond donors (Lipinski definition) is 2. The number of nitrogens with one attached hydrogen (secondary N) is 1. The predicted molar refractivity (Wildman–Crippen MR) is 60.6 cm³/mol. The first-order valence-corrected chi connectivity index (χ1v) is 5.15. The molecule has 0 fully saturated rings. The molecule has 0 aliphatic rings. The SMILES string of the molecule is Cc1ncccc1OC(C(=O)NN)C(C)C. The first-order valence-electron chi connectivity index (χ1n) is 5.15. The first kappa shape index (κ1) is 12.4. The highest BCUT2D eigenvalue weighted by atomic mass is 16.5. The number of aryl methyl sites for hydroxylation is 1. The fourth-order valence-corrected chi connectivity index (χ4v) is 1.31. The molecule has 16 heavy (non-hydrogen) atoms. The fourth-order valence-electron chi connectivity index (χ4n) is 1.31. The van der Waals surface area contributed by atoms with Crippen molar-refractivity contribution in [3.8, 4) is 5.75 Å². The Morgan fingerprint density at radius 1 is 1.56 bits per heavy atom. The highest BCUT2D eigenvalue weighted by Gasteiger charge is 2.24. The molecule has 1 heterocycles. The van der Waals surface area contributed by atoms with Gasteiger partial charge in [-0.1, -0.05) is 13.8 Å². The van der Waals surface area contributed by atoms with Gasteiger partial charge in [-0.3, -0.25) is 15.2 Å². The number of pyridine rings is 1. The summed E-state index contributed by atoms with van der Waals surface area (Å²) in [6.45, 7) is 5.62. The van der Waals surface area contributed by atoms with Gasteiger partial charge in [0.25, 0.3) is 5.91 Å². The Bertz CT molecular complexity index is 366. The Morgan fingerprint density at radius 3 is 2.75 bits per heavy atom. The summed E-state index contributed by atoms with van der Waals surface area (Å²) in [7, 11) is 0. The molecule has 1 amide bonds. The van der Waals surface area contributed by atoms with E-state index in [1.807, 2.05) is 20.8 Å². The minimum Gasteiger partial charge on any atom is -0.478 e. The van der Waals surface area contributed by atoms with Crippen molar-refractivity contribution in [2.75, 3.05) is 0 Å². The third kappa shape index (κ3) is 2.93. The molecule has 1 aromatic rings. The number of carbonyl (C=O) groups is 1. The molecule has 3 N–H and O–H groups in total. The zero-order valence-corrected chi connectivity index (χ0v) is 9.73. The molecule has 0 aliphatic carbocycles. The highest BCUT2D eigenvalue weighted by Crippen LogP contribution is 2.18. The van der Waals surface area contributed by atoms with E-state index >= 15 is 0 Å². The van der Waals surface area contributed by atoms with Crippen LogP contribution in [0.15, 0.2) is 18.3 Å². The number of hydrogen-bond acceptors (Lipinski definition) is 4. The van der Waals surface area contributed by atoms with Crippen LogP contribution in [0.25, 0.3) is 0 Å². The van der Waals surface area contributed by atoms with Crippen LogP contribution in [0.5, 0.6) is 5.75 Å². The van der Waals surface area contributed by atoms with Gasteiger partial charge in [-0.05, 0) is 25.0 Å². The molecule has 5 heteroatoms. The van der Waals surface area contributed by atoms with Crippen LogP contribution in [-0.4, -0.2) is 17.0 Å². The molecule has 1 rings (SSSR count). The third-order valence-corrected chi connectivity index (χ3v) is 2.22. The van der Waals surface area contributed by atoms with Crippen LogP contribution in [-0.2, 0) is 4.79 Å². The average Bonchev–Trinajstić information content (AvgIpc) is 2.26. The van der Waals surface area contributed by atoms with Gasteiger partial charge in [-0.15, -0.1) is 0 Å². The van der Waals surface area contributed by atoms with Crippen molar-refractivity contribution in [3.63, 3.8) is 0 Å². The summed E-state index contributed by atoms with van der Waals surface area (Å²) in [4.78, 5) is 15.6. The van der Waals surface area contributed by atoms with E-state index in [0.717, 1.165) is 5.69 Å². The van der Waals surface area contributed by atoms with Gasteiger partial charge in [0.2, 0.25) is 0 Å². The maximum atomic E-state index is 11.5. The number of nitrogens with zero attached hydrogens (tertiary/aromatic N) is 1. The van der Waals surface area contributed by atoms with E-state index < -0.39 is 6.10 Å². The summed E-state index contributed by atoms with van der Waals surface area (Å²) in [5.41, 5.74) is 2.85. The molecule has 0 bridgehead atoms. The second-order valence-electron chi connectivity index (χ2n) is 3.88. The van der Waals surface area contributed by atoms with Crippen LogP contribution in [0.3, 0.4) is 0 Å². The van der Waals surface area contributed by atoms with Gasteiger partial charge in [0.05, 0.1) is 5.69 Å². The Balaban J connectivity index is 2.84. The lowest BCUT2D eigenvalue weighted by molar-refractivity contribution is -0.129. The molecule has 0 saturated heterocycles. The quantitative estimate of drug-likeness (QED) is 0.449. The van der Waals surface area contributed by atoms with E-state index in [1.165, 1.54) is 0 Å². The second-order valence-corrected chi connectivity index (χ2v) is 3.88. The lowest BCUT2D eigenvalue weighted by atomic mass is 10.1. The fraction of sp³-hybridized carbons (Fsp3) is 0.455. The topological polar surface area (TPSA) is 77.2 Å². The number of nitrogens with two attached hydrogens (primary N) is 1. The number of amides is 1. The van der Waals surface area contributed by atoms with Crippen molar-refractivity contribution in [1.82, 2.24) is 10.4 Å². The molecule has 0 radical (unpaired) electrons. The normalized spacial score (nSPS) is 12.3. The Hall–Kier alpha value is -1.62. The van der Waals surface area contributed by atoms with Crippen LogP contribution in [0, 0.1) is 12.8 Å². The average molecular weight is 223 g/mol. The van der Waals surface area contributed by atoms with Crippen LogP contribution >= 0.6 is 0 Å². The lowest BCUT2D eigenvalue weighted by Crippen LogP contribution is -2.44. The largest absolute Gasteiger partial charge is 0.478 e. The van der Waals surface area contributed by atoms with E-state index in [0.29, 0.717) is 5.75 Å². The van der Waals surface area contributed by atoms with Gasteiger partial charge >= 0.3 is 0 Å². The third-order valence-electron chi connectivity index (χ3n) is 2.22. The van der Waals surface area contributed by atoms with E-state index in [-0.39, 0.29) is 11.8 Å². The lowest BCUT2D eigenvalue weighted by Gasteiger charge is -2.21. The van der Waals surface area contributed by atoms with E-state index in [1.54, 1.807) is 18.3 Å². The Labute approximate surface area is 95.0 Å². The van der Waals surface area contributed by atoms with Gasteiger partial charge in [-0.25, -0.2) is 5.84 Å². The van der Waals surface area contributed by atoms with Crippen LogP contribution in [0.2, 0.25) is 0 Å². The molecule has 1 aromatic heterocycles. The monoisotopic (exact) mass is 223 g/mol. The number of rotatable bonds is 4. The van der Waals surface area contributed by atoms with E-state index in [2.05, 4.69) is 10.4 Å². The number of hydrazine groups is 1. The summed E-state index contributed by atoms with van der Waals surface area (Å²) in [6, 6.07) is 3.54. The Kier molecular flexibility index (Phi) is 4.25. The van der Waals surface area contributed by atoms with Gasteiger partial charge < -0.3 is 4.74 Å². The molecule has 1 atom stereocenters. The number of carbonyl (C=O) groups excluding carboxylic acids is 1. The predicted octanol–water partition coefficient (Wildman–Crippen LogP) is 0.783. The van der Waals surface area contributed by atoms with Gasteiger partial charge in [-0.2, -0.15) is 0 Å². The van der Waals surface area contributed by atoms with Crippen molar-refractivity contribution < 1.29 is 9.53 Å². The summed E-state index contributed by atoms with van der Waals surface area (Å²) < 4.78 is 5.60. The van der Waals surface area contributed by atoms with Crippen LogP contribution in [0.1, 0.15) is 19.5 Å². The van der Waals surface area contributed by atoms with Gasteiger partial charge in [0.1, 0.15) is 5.75 Å². The van der Waals surface area contributed by atoms with Gasteiger partial charge in [0, 0.05) is 6.20 Å². The number of aromatic nitrogens is 1. The zero-order chi connectivity index (χ0) is 12.1. The Morgan fingerprint density at radius 2 is 2.25 bits per heavy atom. The number of ether oxygens (including phenoxy) is 1. The summed E-state index contributed by atoms with van der Waals surface area (Å²) >= 11 is 0. The summed E-state index contributed by atoms with van der Waals surface area (Å²) in [5, 5.41) is 0. The molecule has 0 aliphatic heterocycles.